The summed E-state index contributed by atoms with van der Waals surface area (Å²) < 4.78 is 24.2. The van der Waals surface area contributed by atoms with Gasteiger partial charge in [0.05, 0.1) is 12.8 Å². The highest BCUT2D eigenvalue weighted by Crippen LogP contribution is 2.28. The third kappa shape index (κ3) is 8.17. The summed E-state index contributed by atoms with van der Waals surface area (Å²) in [7, 11) is 0. The molecule has 0 aromatic heterocycles. The van der Waals surface area contributed by atoms with Crippen LogP contribution in [-0.4, -0.2) is 37.1 Å². The molecule has 0 unspecified atom stereocenters. The summed E-state index contributed by atoms with van der Waals surface area (Å²) in [5.41, 5.74) is 4.67. The molecule has 0 heterocycles. The zero-order valence-corrected chi connectivity index (χ0v) is 20.4. The maximum atomic E-state index is 13.0. The summed E-state index contributed by atoms with van der Waals surface area (Å²) in [5.74, 6) is -1.90. The standard InChI is InChI=1S/C27H27FN4O5/c1-3-19-7-5-6-8-22(19)31-26(34)27(35)32-29-16-18-9-14-23(24(15-18)36-4-2)37-17-25(33)30-21-12-10-20(28)11-13-21/h5-16H,3-4,17H2,1-2H3,(H,30,33)(H,31,34)(H,32,35)/b29-16-. The highest BCUT2D eigenvalue weighted by molar-refractivity contribution is 6.39. The molecule has 0 bridgehead atoms. The molecule has 10 heteroatoms. The number of hydrazone groups is 1. The smallest absolute Gasteiger partial charge is 0.329 e. The number of carbonyl (C=O) groups excluding carboxylic acids is 3. The molecule has 3 N–H and O–H groups in total. The van der Waals surface area contributed by atoms with Crippen LogP contribution in [0.5, 0.6) is 11.5 Å². The summed E-state index contributed by atoms with van der Waals surface area (Å²) in [6.45, 7) is 3.79. The Morgan fingerprint density at radius 2 is 1.65 bits per heavy atom. The molecule has 3 amide bonds. The first-order valence-corrected chi connectivity index (χ1v) is 11.6. The van der Waals surface area contributed by atoms with E-state index in [0.29, 0.717) is 41.5 Å². The summed E-state index contributed by atoms with van der Waals surface area (Å²) in [5, 5.41) is 9.01. The van der Waals surface area contributed by atoms with Crippen molar-refractivity contribution in [2.45, 2.75) is 20.3 Å². The van der Waals surface area contributed by atoms with Gasteiger partial charge < -0.3 is 20.1 Å². The molecule has 3 aromatic carbocycles. The Morgan fingerprint density at radius 1 is 0.892 bits per heavy atom. The second kappa shape index (κ2) is 13.4. The summed E-state index contributed by atoms with van der Waals surface area (Å²) in [4.78, 5) is 36.5. The van der Waals surface area contributed by atoms with Crippen molar-refractivity contribution >= 4 is 35.3 Å². The van der Waals surface area contributed by atoms with Crippen LogP contribution in [0.2, 0.25) is 0 Å². The molecule has 0 radical (unpaired) electrons. The first-order chi connectivity index (χ1) is 17.9. The van der Waals surface area contributed by atoms with Crippen LogP contribution in [0, 0.1) is 5.82 Å². The molecule has 3 aromatic rings. The molecule has 0 fully saturated rings. The van der Waals surface area contributed by atoms with Crippen molar-refractivity contribution in [3.8, 4) is 11.5 Å². The van der Waals surface area contributed by atoms with Gasteiger partial charge in [0.15, 0.2) is 18.1 Å². The Hall–Kier alpha value is -4.73. The van der Waals surface area contributed by atoms with Gasteiger partial charge >= 0.3 is 11.8 Å². The van der Waals surface area contributed by atoms with Gasteiger partial charge in [0.2, 0.25) is 0 Å². The van der Waals surface area contributed by atoms with Gasteiger partial charge in [0, 0.05) is 11.4 Å². The van der Waals surface area contributed by atoms with Gasteiger partial charge in [-0.25, -0.2) is 9.82 Å². The van der Waals surface area contributed by atoms with E-state index in [1.54, 1.807) is 37.3 Å². The van der Waals surface area contributed by atoms with E-state index >= 15 is 0 Å². The quantitative estimate of drug-likeness (QED) is 0.219. The minimum atomic E-state index is -0.917. The Morgan fingerprint density at radius 3 is 2.38 bits per heavy atom. The van der Waals surface area contributed by atoms with Crippen LogP contribution in [0.1, 0.15) is 25.0 Å². The second-order valence-electron chi connectivity index (χ2n) is 7.65. The number of benzene rings is 3. The van der Waals surface area contributed by atoms with E-state index < -0.39 is 23.5 Å². The van der Waals surface area contributed by atoms with Gasteiger partial charge in [0.1, 0.15) is 5.82 Å². The number of hydrogen-bond donors (Lipinski definition) is 3. The van der Waals surface area contributed by atoms with Gasteiger partial charge in [-0.1, -0.05) is 25.1 Å². The number of para-hydroxylation sites is 1. The van der Waals surface area contributed by atoms with E-state index in [-0.39, 0.29) is 6.61 Å². The summed E-state index contributed by atoms with van der Waals surface area (Å²) >= 11 is 0. The number of aryl methyl sites for hydroxylation is 1. The average molecular weight is 507 g/mol. The van der Waals surface area contributed by atoms with Crippen molar-refractivity contribution in [3.63, 3.8) is 0 Å². The molecule has 37 heavy (non-hydrogen) atoms. The van der Waals surface area contributed by atoms with Crippen molar-refractivity contribution in [1.82, 2.24) is 5.43 Å². The normalized spacial score (nSPS) is 10.6. The molecule has 192 valence electrons. The van der Waals surface area contributed by atoms with E-state index in [4.69, 9.17) is 9.47 Å². The molecule has 0 spiro atoms. The molecule has 0 aliphatic heterocycles. The van der Waals surface area contributed by atoms with Gasteiger partial charge in [-0.15, -0.1) is 0 Å². The van der Waals surface area contributed by atoms with E-state index in [2.05, 4.69) is 21.2 Å². The maximum absolute atomic E-state index is 13.0. The van der Waals surface area contributed by atoms with Crippen molar-refractivity contribution in [2.75, 3.05) is 23.8 Å². The molecule has 0 saturated heterocycles. The van der Waals surface area contributed by atoms with Gasteiger partial charge in [-0.05, 0) is 73.0 Å². The van der Waals surface area contributed by atoms with Crippen LogP contribution >= 0.6 is 0 Å². The molecule has 9 nitrogen and oxygen atoms in total. The predicted molar refractivity (Wildman–Crippen MR) is 138 cm³/mol. The zero-order chi connectivity index (χ0) is 26.6. The number of ether oxygens (including phenoxy) is 2. The zero-order valence-electron chi connectivity index (χ0n) is 20.4. The number of hydrogen-bond acceptors (Lipinski definition) is 6. The molecule has 0 aliphatic rings. The molecule has 0 aliphatic carbocycles. The predicted octanol–water partition coefficient (Wildman–Crippen LogP) is 3.89. The highest BCUT2D eigenvalue weighted by Gasteiger charge is 2.14. The minimum Gasteiger partial charge on any atom is -0.490 e. The van der Waals surface area contributed by atoms with Crippen molar-refractivity contribution in [3.05, 3.63) is 83.7 Å². The number of amides is 3. The Labute approximate surface area is 213 Å². The number of anilines is 2. The van der Waals surface area contributed by atoms with Crippen LogP contribution in [0.25, 0.3) is 0 Å². The molecule has 0 atom stereocenters. The Kier molecular flexibility index (Phi) is 9.72. The molecular formula is C27H27FN4O5. The van der Waals surface area contributed by atoms with E-state index in [9.17, 15) is 18.8 Å². The van der Waals surface area contributed by atoms with Crippen LogP contribution < -0.4 is 25.5 Å². The fraction of sp³-hybridized carbons (Fsp3) is 0.185. The van der Waals surface area contributed by atoms with E-state index in [1.165, 1.54) is 30.5 Å². The van der Waals surface area contributed by atoms with Gasteiger partial charge in [-0.2, -0.15) is 5.10 Å². The fourth-order valence-electron chi connectivity index (χ4n) is 3.21. The lowest BCUT2D eigenvalue weighted by molar-refractivity contribution is -0.136. The molecule has 3 rings (SSSR count). The number of rotatable bonds is 10. The third-order valence-electron chi connectivity index (χ3n) is 4.99. The lowest BCUT2D eigenvalue weighted by Crippen LogP contribution is -2.32. The van der Waals surface area contributed by atoms with E-state index in [0.717, 1.165) is 5.56 Å². The Balaban J connectivity index is 1.56. The lowest BCUT2D eigenvalue weighted by Gasteiger charge is -2.12. The molecular weight excluding hydrogens is 479 g/mol. The van der Waals surface area contributed by atoms with Crippen LogP contribution in [-0.2, 0) is 20.8 Å². The summed E-state index contributed by atoms with van der Waals surface area (Å²) in [6, 6.07) is 17.4. The summed E-state index contributed by atoms with van der Waals surface area (Å²) in [6.07, 6.45) is 2.05. The van der Waals surface area contributed by atoms with Gasteiger partial charge in [0.25, 0.3) is 5.91 Å². The number of nitrogens with one attached hydrogen (secondary N) is 3. The largest absolute Gasteiger partial charge is 0.490 e. The Bertz CT molecular complexity index is 1280. The van der Waals surface area contributed by atoms with Crippen molar-refractivity contribution in [2.24, 2.45) is 5.10 Å². The number of carbonyl (C=O) groups is 3. The van der Waals surface area contributed by atoms with E-state index in [1.807, 2.05) is 19.1 Å². The second-order valence-corrected chi connectivity index (χ2v) is 7.65. The highest BCUT2D eigenvalue weighted by atomic mass is 19.1. The van der Waals surface area contributed by atoms with Crippen LogP contribution in [0.15, 0.2) is 71.8 Å². The first-order valence-electron chi connectivity index (χ1n) is 11.6. The SMILES string of the molecule is CCOc1cc(/C=N\NC(=O)C(=O)Nc2ccccc2CC)ccc1OCC(=O)Nc1ccc(F)cc1. The van der Waals surface area contributed by atoms with Crippen LogP contribution in [0.3, 0.4) is 0 Å². The van der Waals surface area contributed by atoms with Gasteiger partial charge in [-0.3, -0.25) is 14.4 Å². The van der Waals surface area contributed by atoms with Crippen LogP contribution in [0.4, 0.5) is 15.8 Å². The minimum absolute atomic E-state index is 0.294. The first kappa shape index (κ1) is 26.9. The third-order valence-corrected chi connectivity index (χ3v) is 4.99. The lowest BCUT2D eigenvalue weighted by atomic mass is 10.1. The average Bonchev–Trinajstić information content (AvgIpc) is 2.90. The number of nitrogens with zero attached hydrogens (tertiary/aromatic N) is 1. The maximum Gasteiger partial charge on any atom is 0.329 e. The fourth-order valence-corrected chi connectivity index (χ4v) is 3.21. The monoisotopic (exact) mass is 506 g/mol. The topological polar surface area (TPSA) is 118 Å². The van der Waals surface area contributed by atoms with Crippen molar-refractivity contribution < 1.29 is 28.2 Å². The number of halogens is 1. The van der Waals surface area contributed by atoms with Crippen molar-refractivity contribution in [1.29, 1.82) is 0 Å². The molecule has 0 saturated carbocycles.